The van der Waals surface area contributed by atoms with Gasteiger partial charge < -0.3 is 20.1 Å². The normalized spacial score (nSPS) is 10.9. The van der Waals surface area contributed by atoms with Crippen molar-refractivity contribution in [2.45, 2.75) is 27.7 Å². The largest absolute Gasteiger partial charge is 0.490 e. The number of hydrogen-bond acceptors (Lipinski definition) is 5. The maximum atomic E-state index is 12.8. The molecule has 0 radical (unpaired) electrons. The van der Waals surface area contributed by atoms with E-state index in [2.05, 4.69) is 26.6 Å². The molecule has 2 N–H and O–H groups in total. The Labute approximate surface area is 235 Å². The molecule has 0 saturated heterocycles. The van der Waals surface area contributed by atoms with Crippen molar-refractivity contribution < 1.29 is 19.1 Å². The van der Waals surface area contributed by atoms with Crippen LogP contribution in [0, 0.1) is 32.1 Å². The van der Waals surface area contributed by atoms with Crippen LogP contribution in [0.5, 0.6) is 11.5 Å². The molecule has 0 aliphatic rings. The number of nitriles is 1. The first-order chi connectivity index (χ1) is 18.1. The zero-order chi connectivity index (χ0) is 27.8. The molecular formula is C29H27BrClN3O4. The summed E-state index contributed by atoms with van der Waals surface area (Å²) in [7, 11) is 0. The fraction of sp³-hybridized carbons (Fsp3) is 0.207. The van der Waals surface area contributed by atoms with Gasteiger partial charge in [-0.2, -0.15) is 5.26 Å². The molecule has 2 amide bonds. The summed E-state index contributed by atoms with van der Waals surface area (Å²) in [6.07, 6.45) is 1.46. The Morgan fingerprint density at radius 3 is 2.45 bits per heavy atom. The summed E-state index contributed by atoms with van der Waals surface area (Å²) in [4.78, 5) is 25.2. The molecule has 38 heavy (non-hydrogen) atoms. The van der Waals surface area contributed by atoms with Crippen molar-refractivity contribution in [2.24, 2.45) is 0 Å². The molecule has 0 atom stereocenters. The Hall–Kier alpha value is -3.80. The second-order valence-corrected chi connectivity index (χ2v) is 9.77. The number of nitrogens with one attached hydrogen (secondary N) is 2. The van der Waals surface area contributed by atoms with Crippen LogP contribution in [0.25, 0.3) is 6.08 Å². The number of aryl methyl sites for hydroxylation is 3. The van der Waals surface area contributed by atoms with Gasteiger partial charge in [-0.15, -0.1) is 0 Å². The third kappa shape index (κ3) is 7.60. The van der Waals surface area contributed by atoms with Gasteiger partial charge in [0.2, 0.25) is 0 Å². The lowest BCUT2D eigenvalue weighted by Gasteiger charge is -2.15. The van der Waals surface area contributed by atoms with Crippen LogP contribution in [-0.2, 0) is 9.59 Å². The van der Waals surface area contributed by atoms with Crippen molar-refractivity contribution in [1.82, 2.24) is 0 Å². The lowest BCUT2D eigenvalue weighted by atomic mass is 10.1. The predicted octanol–water partition coefficient (Wildman–Crippen LogP) is 6.99. The molecule has 0 heterocycles. The molecule has 3 aromatic rings. The van der Waals surface area contributed by atoms with Crippen molar-refractivity contribution in [2.75, 3.05) is 23.8 Å². The van der Waals surface area contributed by atoms with Gasteiger partial charge in [-0.05, 0) is 96.7 Å². The van der Waals surface area contributed by atoms with Gasteiger partial charge in [0.15, 0.2) is 18.1 Å². The number of benzene rings is 3. The smallest absolute Gasteiger partial charge is 0.266 e. The Bertz CT molecular complexity index is 1450. The summed E-state index contributed by atoms with van der Waals surface area (Å²) >= 11 is 9.58. The summed E-state index contributed by atoms with van der Waals surface area (Å²) < 4.78 is 12.0. The van der Waals surface area contributed by atoms with Crippen molar-refractivity contribution in [3.63, 3.8) is 0 Å². The summed E-state index contributed by atoms with van der Waals surface area (Å²) in [6.45, 7) is 7.60. The minimum absolute atomic E-state index is 0.0795. The highest BCUT2D eigenvalue weighted by atomic mass is 79.9. The van der Waals surface area contributed by atoms with Gasteiger partial charge in [0.25, 0.3) is 11.8 Å². The number of carbonyl (C=O) groups is 2. The third-order valence-corrected chi connectivity index (χ3v) is 6.44. The highest BCUT2D eigenvalue weighted by Crippen LogP contribution is 2.37. The van der Waals surface area contributed by atoms with E-state index in [4.69, 9.17) is 21.1 Å². The number of anilines is 2. The number of carbonyl (C=O) groups excluding carboxylic acids is 2. The molecular weight excluding hydrogens is 570 g/mol. The highest BCUT2D eigenvalue weighted by molar-refractivity contribution is 9.10. The number of nitrogens with zero attached hydrogens (tertiary/aromatic N) is 1. The third-order valence-electron chi connectivity index (χ3n) is 5.44. The van der Waals surface area contributed by atoms with Crippen molar-refractivity contribution >= 4 is 56.8 Å². The first-order valence-electron chi connectivity index (χ1n) is 11.8. The fourth-order valence-electron chi connectivity index (χ4n) is 3.54. The van der Waals surface area contributed by atoms with E-state index >= 15 is 0 Å². The summed E-state index contributed by atoms with van der Waals surface area (Å²) in [5.74, 6) is -0.231. The summed E-state index contributed by atoms with van der Waals surface area (Å²) in [5, 5.41) is 15.7. The van der Waals surface area contributed by atoms with Crippen molar-refractivity contribution in [1.29, 1.82) is 5.26 Å². The van der Waals surface area contributed by atoms with E-state index < -0.39 is 5.91 Å². The zero-order valence-electron chi connectivity index (χ0n) is 21.4. The molecule has 196 valence electrons. The zero-order valence-corrected chi connectivity index (χ0v) is 23.8. The highest BCUT2D eigenvalue weighted by Gasteiger charge is 2.16. The maximum absolute atomic E-state index is 12.8. The molecule has 0 saturated carbocycles. The molecule has 0 unspecified atom stereocenters. The summed E-state index contributed by atoms with van der Waals surface area (Å²) in [6, 6.07) is 16.2. The van der Waals surface area contributed by atoms with Gasteiger partial charge in [-0.25, -0.2) is 0 Å². The quantitative estimate of drug-likeness (QED) is 0.205. The molecule has 0 bridgehead atoms. The summed E-state index contributed by atoms with van der Waals surface area (Å²) in [5.41, 5.74) is 4.53. The first-order valence-corrected chi connectivity index (χ1v) is 12.9. The molecule has 0 aromatic heterocycles. The SMILES string of the molecule is CCOc1cc(/C=C(\C#N)C(=O)Nc2ccc(C)cc2C)cc(Br)c1OCC(=O)Nc1ccc(C)c(Cl)c1. The first kappa shape index (κ1) is 28.8. The molecule has 7 nitrogen and oxygen atoms in total. The molecule has 3 rings (SSSR count). The molecule has 0 aliphatic carbocycles. The lowest BCUT2D eigenvalue weighted by Crippen LogP contribution is -2.20. The molecule has 0 aliphatic heterocycles. The van der Waals surface area contributed by atoms with Crippen LogP contribution in [0.15, 0.2) is 58.6 Å². The van der Waals surface area contributed by atoms with E-state index in [-0.39, 0.29) is 18.1 Å². The van der Waals surface area contributed by atoms with E-state index in [1.165, 1.54) is 6.08 Å². The van der Waals surface area contributed by atoms with E-state index in [0.29, 0.717) is 44.5 Å². The van der Waals surface area contributed by atoms with E-state index in [0.717, 1.165) is 16.7 Å². The van der Waals surface area contributed by atoms with Crippen LogP contribution in [0.4, 0.5) is 11.4 Å². The average Bonchev–Trinajstić information content (AvgIpc) is 2.86. The second kappa shape index (κ2) is 13.1. The standard InChI is InChI=1S/C29H27BrClN3O4/c1-5-37-26-13-20(11-21(15-32)29(36)34-25-9-6-17(2)10-19(25)4)12-23(30)28(26)38-16-27(35)33-22-8-7-18(3)24(31)14-22/h6-14H,5,16H2,1-4H3,(H,33,35)(H,34,36)/b21-11+. The molecule has 9 heteroatoms. The minimum atomic E-state index is -0.526. The van der Waals surface area contributed by atoms with Gasteiger partial charge in [0, 0.05) is 16.4 Å². The number of halogens is 2. The van der Waals surface area contributed by atoms with Crippen LogP contribution >= 0.6 is 27.5 Å². The van der Waals surface area contributed by atoms with Crippen molar-refractivity contribution in [3.8, 4) is 17.6 Å². The minimum Gasteiger partial charge on any atom is -0.490 e. The lowest BCUT2D eigenvalue weighted by molar-refractivity contribution is -0.118. The van der Waals surface area contributed by atoms with Crippen LogP contribution in [0.2, 0.25) is 5.02 Å². The van der Waals surface area contributed by atoms with E-state index in [1.54, 1.807) is 30.3 Å². The number of ether oxygens (including phenoxy) is 2. The number of amides is 2. The van der Waals surface area contributed by atoms with Gasteiger partial charge >= 0.3 is 0 Å². The van der Waals surface area contributed by atoms with Crippen LogP contribution in [0.3, 0.4) is 0 Å². The monoisotopic (exact) mass is 595 g/mol. The Balaban J connectivity index is 1.78. The Kier molecular flexibility index (Phi) is 9.94. The van der Waals surface area contributed by atoms with Gasteiger partial charge in [-0.1, -0.05) is 35.4 Å². The van der Waals surface area contributed by atoms with Gasteiger partial charge in [0.1, 0.15) is 11.6 Å². The van der Waals surface area contributed by atoms with E-state index in [1.807, 2.05) is 52.0 Å². The van der Waals surface area contributed by atoms with Gasteiger partial charge in [0.05, 0.1) is 11.1 Å². The maximum Gasteiger partial charge on any atom is 0.266 e. The molecule has 3 aromatic carbocycles. The van der Waals surface area contributed by atoms with Crippen molar-refractivity contribution in [3.05, 3.63) is 85.9 Å². The molecule has 0 spiro atoms. The van der Waals surface area contributed by atoms with E-state index in [9.17, 15) is 14.9 Å². The topological polar surface area (TPSA) is 100 Å². The number of hydrogen-bond donors (Lipinski definition) is 2. The van der Waals surface area contributed by atoms with Crippen LogP contribution < -0.4 is 20.1 Å². The number of rotatable bonds is 9. The van der Waals surface area contributed by atoms with Gasteiger partial charge in [-0.3, -0.25) is 9.59 Å². The Morgan fingerprint density at radius 2 is 1.79 bits per heavy atom. The average molecular weight is 597 g/mol. The second-order valence-electron chi connectivity index (χ2n) is 8.51. The van der Waals surface area contributed by atoms with Crippen LogP contribution in [-0.4, -0.2) is 25.0 Å². The Morgan fingerprint density at radius 1 is 1.03 bits per heavy atom. The molecule has 0 fully saturated rings. The fourth-order valence-corrected chi connectivity index (χ4v) is 4.29. The predicted molar refractivity (Wildman–Crippen MR) is 154 cm³/mol. The van der Waals surface area contributed by atoms with Crippen LogP contribution in [0.1, 0.15) is 29.2 Å².